The predicted molar refractivity (Wildman–Crippen MR) is 79.1 cm³/mol. The molecule has 4 nitrogen and oxygen atoms in total. The summed E-state index contributed by atoms with van der Waals surface area (Å²) in [6.07, 6.45) is 0. The number of nitrogens with two attached hydrogens (primary N) is 1. The lowest BCUT2D eigenvalue weighted by Crippen LogP contribution is -2.17. The topological polar surface area (TPSA) is 55.0 Å². The Bertz CT molecular complexity index is 565. The van der Waals surface area contributed by atoms with Crippen LogP contribution in [0.2, 0.25) is 0 Å². The predicted octanol–water partition coefficient (Wildman–Crippen LogP) is 2.12. The van der Waals surface area contributed by atoms with Gasteiger partial charge in [-0.1, -0.05) is 30.4 Å². The summed E-state index contributed by atoms with van der Waals surface area (Å²) in [5, 5.41) is 0.910. The van der Waals surface area contributed by atoms with Gasteiger partial charge in [0.2, 0.25) is 5.13 Å². The van der Waals surface area contributed by atoms with Crippen LogP contribution in [-0.4, -0.2) is 21.4 Å². The molecule has 0 aliphatic carbocycles. The van der Waals surface area contributed by atoms with Crippen molar-refractivity contribution in [3.05, 3.63) is 41.2 Å². The van der Waals surface area contributed by atoms with Crippen molar-refractivity contribution in [1.82, 2.24) is 9.36 Å². The Balaban J connectivity index is 2.14. The number of nitrogens with zero attached hydrogens (tertiary/aromatic N) is 3. The summed E-state index contributed by atoms with van der Waals surface area (Å²) in [4.78, 5) is 6.83. The molecule has 0 fully saturated rings. The molecule has 1 aromatic heterocycles. The Morgan fingerprint density at radius 1 is 1.50 bits per heavy atom. The van der Waals surface area contributed by atoms with Gasteiger partial charge in [0.25, 0.3) is 0 Å². The number of aromatic nitrogens is 2. The molecule has 0 saturated heterocycles. The Labute approximate surface area is 116 Å². The number of benzene rings is 1. The summed E-state index contributed by atoms with van der Waals surface area (Å²) >= 11 is 6.38. The molecule has 0 radical (unpaired) electrons. The second-order valence-corrected chi connectivity index (χ2v) is 5.21. The number of hydrogen-bond donors (Lipinski definition) is 1. The van der Waals surface area contributed by atoms with Gasteiger partial charge in [-0.25, -0.2) is 4.98 Å². The number of aryl methyl sites for hydroxylation is 1. The number of anilines is 1. The van der Waals surface area contributed by atoms with Crippen LogP contribution in [0, 0.1) is 6.92 Å². The fraction of sp³-hybridized carbons (Fsp3) is 0.250. The molecular weight excluding hydrogens is 264 g/mol. The van der Waals surface area contributed by atoms with Crippen LogP contribution in [0.3, 0.4) is 0 Å². The molecule has 2 rings (SSSR count). The minimum absolute atomic E-state index is 0.422. The molecule has 1 aromatic carbocycles. The standard InChI is InChI=1S/C12H14N4S2/c1-8-14-12(18-15-8)16(2)7-9-4-3-5-10(6-9)11(13)17/h3-6H,7H2,1-2H3,(H2,13,17). The van der Waals surface area contributed by atoms with E-state index in [-0.39, 0.29) is 0 Å². The fourth-order valence-electron chi connectivity index (χ4n) is 1.61. The third-order valence-electron chi connectivity index (χ3n) is 2.47. The highest BCUT2D eigenvalue weighted by atomic mass is 32.1. The Morgan fingerprint density at radius 3 is 2.89 bits per heavy atom. The van der Waals surface area contributed by atoms with Crippen molar-refractivity contribution in [2.45, 2.75) is 13.5 Å². The molecular formula is C12H14N4S2. The van der Waals surface area contributed by atoms with Gasteiger partial charge in [-0.15, -0.1) is 0 Å². The molecule has 0 saturated carbocycles. The largest absolute Gasteiger partial charge is 0.389 e. The quantitative estimate of drug-likeness (QED) is 0.868. The van der Waals surface area contributed by atoms with Gasteiger partial charge in [-0.2, -0.15) is 4.37 Å². The molecule has 0 aliphatic heterocycles. The van der Waals surface area contributed by atoms with Crippen LogP contribution in [0.5, 0.6) is 0 Å². The van der Waals surface area contributed by atoms with Gasteiger partial charge in [0.05, 0.1) is 0 Å². The first-order valence-electron chi connectivity index (χ1n) is 5.46. The maximum Gasteiger partial charge on any atom is 0.205 e. The van der Waals surface area contributed by atoms with Crippen molar-refractivity contribution in [2.24, 2.45) is 5.73 Å². The van der Waals surface area contributed by atoms with Gasteiger partial charge in [-0.3, -0.25) is 0 Å². The van der Waals surface area contributed by atoms with Gasteiger partial charge in [-0.05, 0) is 18.6 Å². The van der Waals surface area contributed by atoms with Crippen molar-refractivity contribution >= 4 is 33.9 Å². The van der Waals surface area contributed by atoms with Crippen LogP contribution in [0.25, 0.3) is 0 Å². The van der Waals surface area contributed by atoms with E-state index < -0.39 is 0 Å². The highest BCUT2D eigenvalue weighted by Gasteiger charge is 2.07. The monoisotopic (exact) mass is 278 g/mol. The van der Waals surface area contributed by atoms with Crippen LogP contribution in [-0.2, 0) is 6.54 Å². The van der Waals surface area contributed by atoms with E-state index in [9.17, 15) is 0 Å². The zero-order valence-electron chi connectivity index (χ0n) is 10.3. The van der Waals surface area contributed by atoms with Crippen LogP contribution < -0.4 is 10.6 Å². The number of rotatable bonds is 4. The van der Waals surface area contributed by atoms with E-state index in [2.05, 4.69) is 14.3 Å². The highest BCUT2D eigenvalue weighted by Crippen LogP contribution is 2.18. The Morgan fingerprint density at radius 2 is 2.28 bits per heavy atom. The molecule has 6 heteroatoms. The normalized spacial score (nSPS) is 10.3. The molecule has 0 amide bonds. The van der Waals surface area contributed by atoms with Crippen LogP contribution >= 0.6 is 23.8 Å². The molecule has 0 aliphatic rings. The number of thiocarbonyl (C=S) groups is 1. The third kappa shape index (κ3) is 3.02. The SMILES string of the molecule is Cc1nsc(N(C)Cc2cccc(C(N)=S)c2)n1. The van der Waals surface area contributed by atoms with Crippen molar-refractivity contribution in [3.8, 4) is 0 Å². The van der Waals surface area contributed by atoms with E-state index in [1.807, 2.05) is 38.2 Å². The molecule has 1 heterocycles. The maximum atomic E-state index is 5.63. The second-order valence-electron chi connectivity index (χ2n) is 4.04. The Kier molecular flexibility index (Phi) is 3.88. The van der Waals surface area contributed by atoms with Crippen LogP contribution in [0.15, 0.2) is 24.3 Å². The average Bonchev–Trinajstić information content (AvgIpc) is 2.76. The van der Waals surface area contributed by atoms with E-state index in [1.54, 1.807) is 0 Å². The summed E-state index contributed by atoms with van der Waals surface area (Å²) in [7, 11) is 1.99. The molecule has 94 valence electrons. The molecule has 2 aromatic rings. The van der Waals surface area contributed by atoms with Crippen LogP contribution in [0.4, 0.5) is 5.13 Å². The third-order valence-corrected chi connectivity index (χ3v) is 3.63. The van der Waals surface area contributed by atoms with E-state index in [1.165, 1.54) is 11.5 Å². The molecule has 0 atom stereocenters. The molecule has 18 heavy (non-hydrogen) atoms. The van der Waals surface area contributed by atoms with Gasteiger partial charge >= 0.3 is 0 Å². The summed E-state index contributed by atoms with van der Waals surface area (Å²) in [6.45, 7) is 2.65. The summed E-state index contributed by atoms with van der Waals surface area (Å²) in [5.41, 5.74) is 7.67. The lowest BCUT2D eigenvalue weighted by atomic mass is 10.1. The minimum atomic E-state index is 0.422. The van der Waals surface area contributed by atoms with Crippen molar-refractivity contribution in [3.63, 3.8) is 0 Å². The summed E-state index contributed by atoms with van der Waals surface area (Å²) in [5.74, 6) is 0.804. The average molecular weight is 278 g/mol. The first-order chi connectivity index (χ1) is 8.56. The lowest BCUT2D eigenvalue weighted by molar-refractivity contribution is 0.909. The van der Waals surface area contributed by atoms with Crippen molar-refractivity contribution in [1.29, 1.82) is 0 Å². The Hall–Kier alpha value is -1.53. The van der Waals surface area contributed by atoms with E-state index in [0.29, 0.717) is 4.99 Å². The smallest absolute Gasteiger partial charge is 0.205 e. The summed E-state index contributed by atoms with van der Waals surface area (Å²) in [6, 6.07) is 7.93. The lowest BCUT2D eigenvalue weighted by Gasteiger charge is -2.15. The van der Waals surface area contributed by atoms with E-state index in [4.69, 9.17) is 18.0 Å². The first kappa shape index (κ1) is 12.9. The van der Waals surface area contributed by atoms with Gasteiger partial charge in [0, 0.05) is 30.7 Å². The highest BCUT2D eigenvalue weighted by molar-refractivity contribution is 7.80. The zero-order valence-corrected chi connectivity index (χ0v) is 11.9. The number of hydrogen-bond acceptors (Lipinski definition) is 5. The van der Waals surface area contributed by atoms with Gasteiger partial charge < -0.3 is 10.6 Å². The van der Waals surface area contributed by atoms with Crippen LogP contribution in [0.1, 0.15) is 17.0 Å². The van der Waals surface area contributed by atoms with Crippen molar-refractivity contribution < 1.29 is 0 Å². The van der Waals surface area contributed by atoms with Gasteiger partial charge in [0.1, 0.15) is 10.8 Å². The molecule has 0 bridgehead atoms. The molecule has 2 N–H and O–H groups in total. The second kappa shape index (κ2) is 5.41. The van der Waals surface area contributed by atoms with E-state index >= 15 is 0 Å². The molecule has 0 spiro atoms. The first-order valence-corrected chi connectivity index (χ1v) is 6.64. The maximum absolute atomic E-state index is 5.63. The van der Waals surface area contributed by atoms with E-state index in [0.717, 1.165) is 28.6 Å². The van der Waals surface area contributed by atoms with Crippen molar-refractivity contribution in [2.75, 3.05) is 11.9 Å². The minimum Gasteiger partial charge on any atom is -0.389 e. The molecule has 0 unspecified atom stereocenters. The zero-order chi connectivity index (χ0) is 13.1. The fourth-order valence-corrected chi connectivity index (χ4v) is 2.36. The van der Waals surface area contributed by atoms with Gasteiger partial charge in [0.15, 0.2) is 0 Å². The summed E-state index contributed by atoms with van der Waals surface area (Å²) < 4.78 is 4.17.